The fraction of sp³-hybridized carbons (Fsp3) is 0.294. The zero-order chi connectivity index (χ0) is 15.4. The molecule has 0 saturated carbocycles. The molecular weight excluding hydrogens is 264 g/mol. The van der Waals surface area contributed by atoms with E-state index in [1.807, 2.05) is 0 Å². The van der Waals surface area contributed by atoms with Crippen molar-refractivity contribution in [3.63, 3.8) is 0 Å². The number of rotatable bonds is 5. The second kappa shape index (κ2) is 6.39. The lowest BCUT2D eigenvalue weighted by atomic mass is 10.0. The molecule has 4 nitrogen and oxygen atoms in total. The van der Waals surface area contributed by atoms with Gasteiger partial charge in [0.15, 0.2) is 0 Å². The SMILES string of the molecule is Cc1ccnc(NCc2ccc(C(C)C)cc2)c1C(=O)O. The third-order valence-corrected chi connectivity index (χ3v) is 3.48. The smallest absolute Gasteiger partial charge is 0.339 e. The van der Waals surface area contributed by atoms with Crippen molar-refractivity contribution in [1.82, 2.24) is 4.98 Å². The van der Waals surface area contributed by atoms with Crippen LogP contribution in [0.4, 0.5) is 5.82 Å². The molecule has 2 N–H and O–H groups in total. The first-order valence-corrected chi connectivity index (χ1v) is 7.00. The van der Waals surface area contributed by atoms with Crippen LogP contribution in [0.2, 0.25) is 0 Å². The van der Waals surface area contributed by atoms with E-state index < -0.39 is 5.97 Å². The standard InChI is InChI=1S/C17H20N2O2/c1-11(2)14-6-4-13(5-7-14)10-19-16-15(17(20)21)12(3)8-9-18-16/h4-9,11H,10H2,1-3H3,(H,18,19)(H,20,21). The van der Waals surface area contributed by atoms with E-state index in [9.17, 15) is 9.90 Å². The highest BCUT2D eigenvalue weighted by molar-refractivity contribution is 5.94. The van der Waals surface area contributed by atoms with Crippen LogP contribution in [0.3, 0.4) is 0 Å². The number of anilines is 1. The normalized spacial score (nSPS) is 10.7. The summed E-state index contributed by atoms with van der Waals surface area (Å²) in [6, 6.07) is 10.0. The molecule has 1 aromatic heterocycles. The van der Waals surface area contributed by atoms with Crippen molar-refractivity contribution >= 4 is 11.8 Å². The quantitative estimate of drug-likeness (QED) is 0.876. The van der Waals surface area contributed by atoms with Gasteiger partial charge in [-0.15, -0.1) is 0 Å². The van der Waals surface area contributed by atoms with E-state index in [0.717, 1.165) is 5.56 Å². The zero-order valence-electron chi connectivity index (χ0n) is 12.6. The van der Waals surface area contributed by atoms with Crippen LogP contribution >= 0.6 is 0 Å². The maximum atomic E-state index is 11.3. The van der Waals surface area contributed by atoms with E-state index in [2.05, 4.69) is 48.4 Å². The van der Waals surface area contributed by atoms with Gasteiger partial charge in [0.2, 0.25) is 0 Å². The van der Waals surface area contributed by atoms with Crippen LogP contribution in [-0.2, 0) is 6.54 Å². The average Bonchev–Trinajstić information content (AvgIpc) is 2.45. The van der Waals surface area contributed by atoms with Gasteiger partial charge in [0, 0.05) is 12.7 Å². The molecular formula is C17H20N2O2. The third kappa shape index (κ3) is 3.60. The Bertz CT molecular complexity index is 634. The summed E-state index contributed by atoms with van der Waals surface area (Å²) in [6.45, 7) is 6.63. The van der Waals surface area contributed by atoms with Gasteiger partial charge in [-0.2, -0.15) is 0 Å². The summed E-state index contributed by atoms with van der Waals surface area (Å²) in [5.41, 5.74) is 3.32. The van der Waals surface area contributed by atoms with Crippen molar-refractivity contribution in [1.29, 1.82) is 0 Å². The van der Waals surface area contributed by atoms with Crippen molar-refractivity contribution < 1.29 is 9.90 Å². The molecule has 0 fully saturated rings. The van der Waals surface area contributed by atoms with Crippen molar-refractivity contribution in [2.45, 2.75) is 33.2 Å². The van der Waals surface area contributed by atoms with Gasteiger partial charge in [-0.05, 0) is 35.6 Å². The predicted molar refractivity (Wildman–Crippen MR) is 83.8 cm³/mol. The highest BCUT2D eigenvalue weighted by Crippen LogP contribution is 2.18. The van der Waals surface area contributed by atoms with Gasteiger partial charge in [0.25, 0.3) is 0 Å². The molecule has 0 amide bonds. The van der Waals surface area contributed by atoms with Gasteiger partial charge >= 0.3 is 5.97 Å². The number of hydrogen-bond acceptors (Lipinski definition) is 3. The average molecular weight is 284 g/mol. The summed E-state index contributed by atoms with van der Waals surface area (Å²) < 4.78 is 0. The van der Waals surface area contributed by atoms with Crippen molar-refractivity contribution in [2.24, 2.45) is 0 Å². The highest BCUT2D eigenvalue weighted by atomic mass is 16.4. The molecule has 21 heavy (non-hydrogen) atoms. The first kappa shape index (κ1) is 15.0. The van der Waals surface area contributed by atoms with Crippen LogP contribution < -0.4 is 5.32 Å². The lowest BCUT2D eigenvalue weighted by Crippen LogP contribution is -2.10. The van der Waals surface area contributed by atoms with Crippen LogP contribution in [0.15, 0.2) is 36.5 Å². The Morgan fingerprint density at radius 3 is 2.48 bits per heavy atom. The Kier molecular flexibility index (Phi) is 4.58. The number of carbonyl (C=O) groups is 1. The maximum Gasteiger partial charge on any atom is 0.339 e. The highest BCUT2D eigenvalue weighted by Gasteiger charge is 2.13. The Morgan fingerprint density at radius 2 is 1.90 bits per heavy atom. The molecule has 0 unspecified atom stereocenters. The molecule has 0 bridgehead atoms. The molecule has 0 spiro atoms. The number of nitrogens with zero attached hydrogens (tertiary/aromatic N) is 1. The summed E-state index contributed by atoms with van der Waals surface area (Å²) in [7, 11) is 0. The van der Waals surface area contributed by atoms with Crippen LogP contribution in [-0.4, -0.2) is 16.1 Å². The molecule has 0 radical (unpaired) electrons. The Balaban J connectivity index is 2.13. The second-order valence-electron chi connectivity index (χ2n) is 5.41. The molecule has 0 aliphatic heterocycles. The van der Waals surface area contributed by atoms with Gasteiger partial charge in [-0.25, -0.2) is 9.78 Å². The molecule has 0 saturated heterocycles. The van der Waals surface area contributed by atoms with Crippen molar-refractivity contribution in [3.05, 3.63) is 58.8 Å². The topological polar surface area (TPSA) is 62.2 Å². The summed E-state index contributed by atoms with van der Waals surface area (Å²) >= 11 is 0. The second-order valence-corrected chi connectivity index (χ2v) is 5.41. The molecule has 1 aromatic carbocycles. The largest absolute Gasteiger partial charge is 0.478 e. The number of pyridine rings is 1. The summed E-state index contributed by atoms with van der Waals surface area (Å²) in [5.74, 6) is -0.0437. The number of carboxylic acid groups (broad SMARTS) is 1. The van der Waals surface area contributed by atoms with Crippen molar-refractivity contribution in [3.8, 4) is 0 Å². The van der Waals surface area contributed by atoms with E-state index >= 15 is 0 Å². The number of aryl methyl sites for hydroxylation is 1. The molecule has 0 aliphatic rings. The predicted octanol–water partition coefficient (Wildman–Crippen LogP) is 3.82. The molecule has 1 heterocycles. The zero-order valence-corrected chi connectivity index (χ0v) is 12.6. The molecule has 2 aromatic rings. The molecule has 4 heteroatoms. The molecule has 110 valence electrons. The Hall–Kier alpha value is -2.36. The minimum atomic E-state index is -0.960. The summed E-state index contributed by atoms with van der Waals surface area (Å²) in [6.07, 6.45) is 1.62. The number of benzene rings is 1. The van der Waals surface area contributed by atoms with Gasteiger partial charge in [0.05, 0.1) is 0 Å². The van der Waals surface area contributed by atoms with Gasteiger partial charge in [-0.1, -0.05) is 38.1 Å². The summed E-state index contributed by atoms with van der Waals surface area (Å²) in [5, 5.41) is 12.4. The number of aromatic nitrogens is 1. The lowest BCUT2D eigenvalue weighted by Gasteiger charge is -2.11. The monoisotopic (exact) mass is 284 g/mol. The van der Waals surface area contributed by atoms with Gasteiger partial charge in [0.1, 0.15) is 11.4 Å². The third-order valence-electron chi connectivity index (χ3n) is 3.48. The molecule has 2 rings (SSSR count). The van der Waals surface area contributed by atoms with Crippen molar-refractivity contribution in [2.75, 3.05) is 5.32 Å². The fourth-order valence-corrected chi connectivity index (χ4v) is 2.17. The minimum Gasteiger partial charge on any atom is -0.478 e. The first-order chi connectivity index (χ1) is 9.99. The van der Waals surface area contributed by atoms with E-state index in [4.69, 9.17) is 0 Å². The summed E-state index contributed by atoms with van der Waals surface area (Å²) in [4.78, 5) is 15.4. The minimum absolute atomic E-state index is 0.233. The Labute approximate surface area is 124 Å². The number of aromatic carboxylic acids is 1. The van der Waals surface area contributed by atoms with E-state index in [-0.39, 0.29) is 5.56 Å². The number of hydrogen-bond donors (Lipinski definition) is 2. The van der Waals surface area contributed by atoms with Crippen LogP contribution in [0.25, 0.3) is 0 Å². The van der Waals surface area contributed by atoms with E-state index in [0.29, 0.717) is 23.8 Å². The molecule has 0 atom stereocenters. The van der Waals surface area contributed by atoms with Gasteiger partial charge in [-0.3, -0.25) is 0 Å². The van der Waals surface area contributed by atoms with Crippen LogP contribution in [0, 0.1) is 6.92 Å². The Morgan fingerprint density at radius 1 is 1.24 bits per heavy atom. The van der Waals surface area contributed by atoms with Crippen LogP contribution in [0.5, 0.6) is 0 Å². The van der Waals surface area contributed by atoms with Gasteiger partial charge < -0.3 is 10.4 Å². The first-order valence-electron chi connectivity index (χ1n) is 7.00. The molecule has 0 aliphatic carbocycles. The lowest BCUT2D eigenvalue weighted by molar-refractivity contribution is 0.0697. The van der Waals surface area contributed by atoms with Crippen LogP contribution in [0.1, 0.15) is 46.8 Å². The van der Waals surface area contributed by atoms with E-state index in [1.54, 1.807) is 19.2 Å². The maximum absolute atomic E-state index is 11.3. The number of nitrogens with one attached hydrogen (secondary N) is 1. The fourth-order valence-electron chi connectivity index (χ4n) is 2.17. The number of carboxylic acids is 1. The van der Waals surface area contributed by atoms with E-state index in [1.165, 1.54) is 5.56 Å².